The fourth-order valence-electron chi connectivity index (χ4n) is 2.34. The Kier molecular flexibility index (Phi) is 6.22. The highest BCUT2D eigenvalue weighted by molar-refractivity contribution is 6.09. The molecule has 1 amide bonds. The van der Waals surface area contributed by atoms with E-state index in [0.29, 0.717) is 11.1 Å². The maximum atomic E-state index is 12.9. The van der Waals surface area contributed by atoms with E-state index in [0.717, 1.165) is 0 Å². The van der Waals surface area contributed by atoms with Crippen LogP contribution in [0.1, 0.15) is 36.7 Å². The molecule has 5 nitrogen and oxygen atoms in total. The smallest absolute Gasteiger partial charge is 0.334 e. The molecule has 0 bridgehead atoms. The lowest BCUT2D eigenvalue weighted by atomic mass is 10.0. The van der Waals surface area contributed by atoms with Crippen molar-refractivity contribution < 1.29 is 23.5 Å². The maximum Gasteiger partial charge on any atom is 0.334 e. The summed E-state index contributed by atoms with van der Waals surface area (Å²) in [6.45, 7) is 4.93. The van der Waals surface area contributed by atoms with Crippen LogP contribution in [0.4, 0.5) is 4.39 Å². The molecule has 0 aromatic heterocycles. The first-order valence-corrected chi connectivity index (χ1v) is 8.17. The molecule has 1 atom stereocenters. The van der Waals surface area contributed by atoms with Crippen molar-refractivity contribution in [3.8, 4) is 5.75 Å². The number of nitrogens with one attached hydrogen (secondary N) is 1. The van der Waals surface area contributed by atoms with E-state index in [1.807, 2.05) is 0 Å². The van der Waals surface area contributed by atoms with Crippen LogP contribution in [-0.4, -0.2) is 23.7 Å². The van der Waals surface area contributed by atoms with Crippen LogP contribution in [-0.2, 0) is 9.59 Å². The molecule has 0 aliphatic heterocycles. The van der Waals surface area contributed by atoms with E-state index in [1.54, 1.807) is 13.8 Å². The molecule has 0 radical (unpaired) electrons. The van der Waals surface area contributed by atoms with Crippen LogP contribution in [0.3, 0.4) is 0 Å². The van der Waals surface area contributed by atoms with E-state index in [1.165, 1.54) is 55.5 Å². The fraction of sp³-hybridized carbons (Fsp3) is 0.250. The SMILES string of the molecule is CC(=O)N[C@@H](C(=O)Oc1ccc(C(=O)c2ccc(F)cc2)cc1)C(C)C. The Morgan fingerprint density at radius 1 is 0.923 bits per heavy atom. The average molecular weight is 357 g/mol. The van der Waals surface area contributed by atoms with Gasteiger partial charge < -0.3 is 10.1 Å². The van der Waals surface area contributed by atoms with Gasteiger partial charge in [0.25, 0.3) is 0 Å². The van der Waals surface area contributed by atoms with Crippen molar-refractivity contribution in [3.05, 3.63) is 65.5 Å². The van der Waals surface area contributed by atoms with Crippen molar-refractivity contribution in [1.82, 2.24) is 5.32 Å². The van der Waals surface area contributed by atoms with Crippen molar-refractivity contribution >= 4 is 17.7 Å². The topological polar surface area (TPSA) is 72.5 Å². The number of carbonyl (C=O) groups excluding carboxylic acids is 3. The highest BCUT2D eigenvalue weighted by Crippen LogP contribution is 2.17. The zero-order valence-electron chi connectivity index (χ0n) is 14.8. The van der Waals surface area contributed by atoms with E-state index in [-0.39, 0.29) is 23.4 Å². The van der Waals surface area contributed by atoms with Crippen LogP contribution in [0.5, 0.6) is 5.75 Å². The van der Waals surface area contributed by atoms with Crippen LogP contribution in [0.2, 0.25) is 0 Å². The lowest BCUT2D eigenvalue weighted by Gasteiger charge is -2.19. The second kappa shape index (κ2) is 8.38. The summed E-state index contributed by atoms with van der Waals surface area (Å²) >= 11 is 0. The minimum absolute atomic E-state index is 0.134. The molecular weight excluding hydrogens is 337 g/mol. The molecule has 0 heterocycles. The predicted molar refractivity (Wildman–Crippen MR) is 94.4 cm³/mol. The number of benzene rings is 2. The number of amides is 1. The second-order valence-corrected chi connectivity index (χ2v) is 6.20. The molecule has 1 N–H and O–H groups in total. The Bertz CT molecular complexity index is 798. The summed E-state index contributed by atoms with van der Waals surface area (Å²) < 4.78 is 18.2. The Morgan fingerprint density at radius 2 is 1.42 bits per heavy atom. The van der Waals surface area contributed by atoms with Gasteiger partial charge in [-0.25, -0.2) is 9.18 Å². The summed E-state index contributed by atoms with van der Waals surface area (Å²) in [6, 6.07) is 10.6. The Labute approximate surface area is 151 Å². The number of esters is 1. The molecule has 0 aliphatic rings. The molecule has 2 aromatic carbocycles. The first kappa shape index (κ1) is 19.3. The van der Waals surface area contributed by atoms with Gasteiger partial charge in [-0.2, -0.15) is 0 Å². The zero-order chi connectivity index (χ0) is 19.3. The molecule has 0 saturated carbocycles. The first-order chi connectivity index (χ1) is 12.3. The number of halogens is 1. The van der Waals surface area contributed by atoms with E-state index < -0.39 is 17.8 Å². The van der Waals surface area contributed by atoms with Crippen molar-refractivity contribution in [1.29, 1.82) is 0 Å². The van der Waals surface area contributed by atoms with Gasteiger partial charge in [0.1, 0.15) is 17.6 Å². The minimum atomic E-state index is -0.756. The van der Waals surface area contributed by atoms with Gasteiger partial charge in [-0.3, -0.25) is 9.59 Å². The molecule has 2 rings (SSSR count). The molecule has 0 unspecified atom stereocenters. The van der Waals surface area contributed by atoms with Crippen molar-refractivity contribution in [2.24, 2.45) is 5.92 Å². The number of hydrogen-bond donors (Lipinski definition) is 1. The van der Waals surface area contributed by atoms with E-state index >= 15 is 0 Å². The Balaban J connectivity index is 2.09. The summed E-state index contributed by atoms with van der Waals surface area (Å²) in [5.74, 6) is -1.44. The predicted octanol–water partition coefficient (Wildman–Crippen LogP) is 3.12. The van der Waals surface area contributed by atoms with E-state index in [4.69, 9.17) is 4.74 Å². The Hall–Kier alpha value is -3.02. The van der Waals surface area contributed by atoms with E-state index in [9.17, 15) is 18.8 Å². The molecule has 0 aliphatic carbocycles. The van der Waals surface area contributed by atoms with Gasteiger partial charge in [0.05, 0.1) is 0 Å². The van der Waals surface area contributed by atoms with Crippen molar-refractivity contribution in [2.75, 3.05) is 0 Å². The second-order valence-electron chi connectivity index (χ2n) is 6.20. The Morgan fingerprint density at radius 3 is 1.88 bits per heavy atom. The lowest BCUT2D eigenvalue weighted by molar-refractivity contribution is -0.140. The quantitative estimate of drug-likeness (QED) is 0.490. The van der Waals surface area contributed by atoms with Gasteiger partial charge in [-0.1, -0.05) is 13.8 Å². The summed E-state index contributed by atoms with van der Waals surface area (Å²) in [5.41, 5.74) is 0.750. The van der Waals surface area contributed by atoms with Gasteiger partial charge >= 0.3 is 5.97 Å². The van der Waals surface area contributed by atoms with Crippen LogP contribution in [0.15, 0.2) is 48.5 Å². The van der Waals surface area contributed by atoms with Crippen molar-refractivity contribution in [2.45, 2.75) is 26.8 Å². The number of hydrogen-bond acceptors (Lipinski definition) is 4. The largest absolute Gasteiger partial charge is 0.425 e. The van der Waals surface area contributed by atoms with Crippen LogP contribution >= 0.6 is 0 Å². The molecule has 6 heteroatoms. The fourth-order valence-corrected chi connectivity index (χ4v) is 2.34. The number of ketones is 1. The van der Waals surface area contributed by atoms with Crippen molar-refractivity contribution in [3.63, 3.8) is 0 Å². The third kappa shape index (κ3) is 4.99. The summed E-state index contributed by atoms with van der Waals surface area (Å²) in [6.07, 6.45) is 0. The third-order valence-electron chi connectivity index (χ3n) is 3.72. The summed E-state index contributed by atoms with van der Waals surface area (Å²) in [7, 11) is 0. The van der Waals surface area contributed by atoms with Gasteiger partial charge in [0, 0.05) is 18.1 Å². The van der Waals surface area contributed by atoms with E-state index in [2.05, 4.69) is 5.32 Å². The molecule has 26 heavy (non-hydrogen) atoms. The van der Waals surface area contributed by atoms with Gasteiger partial charge in [0.15, 0.2) is 5.78 Å². The van der Waals surface area contributed by atoms with Gasteiger partial charge in [-0.05, 0) is 54.4 Å². The first-order valence-electron chi connectivity index (χ1n) is 8.17. The summed E-state index contributed by atoms with van der Waals surface area (Å²) in [5, 5.41) is 2.56. The maximum absolute atomic E-state index is 12.9. The lowest BCUT2D eigenvalue weighted by Crippen LogP contribution is -2.45. The standard InChI is InChI=1S/C20H20FNO4/c1-12(2)18(22-13(3)23)20(25)26-17-10-6-15(7-11-17)19(24)14-4-8-16(21)9-5-14/h4-12,18H,1-3H3,(H,22,23)/t18-/m1/s1. The van der Waals surface area contributed by atoms with Crippen LogP contribution < -0.4 is 10.1 Å². The average Bonchev–Trinajstić information content (AvgIpc) is 2.60. The monoisotopic (exact) mass is 357 g/mol. The number of ether oxygens (including phenoxy) is 1. The number of carbonyl (C=O) groups is 3. The van der Waals surface area contributed by atoms with Gasteiger partial charge in [-0.15, -0.1) is 0 Å². The highest BCUT2D eigenvalue weighted by atomic mass is 19.1. The number of rotatable bonds is 6. The summed E-state index contributed by atoms with van der Waals surface area (Å²) in [4.78, 5) is 35.8. The molecular formula is C20H20FNO4. The molecule has 2 aromatic rings. The third-order valence-corrected chi connectivity index (χ3v) is 3.72. The van der Waals surface area contributed by atoms with Gasteiger partial charge in [0.2, 0.25) is 5.91 Å². The van der Waals surface area contributed by atoms with Crippen LogP contribution in [0.25, 0.3) is 0 Å². The van der Waals surface area contributed by atoms with Crippen LogP contribution in [0, 0.1) is 11.7 Å². The molecule has 0 spiro atoms. The normalized spacial score (nSPS) is 11.7. The molecule has 0 saturated heterocycles. The molecule has 136 valence electrons. The molecule has 0 fully saturated rings. The minimum Gasteiger partial charge on any atom is -0.425 e. The zero-order valence-corrected chi connectivity index (χ0v) is 14.8. The highest BCUT2D eigenvalue weighted by Gasteiger charge is 2.25.